The molecule has 0 spiro atoms. The summed E-state index contributed by atoms with van der Waals surface area (Å²) in [7, 11) is 1.54. The largest absolute Gasteiger partial charge is 0.490 e. The normalized spacial score (nSPS) is 10.3. The molecule has 1 heterocycles. The molecule has 0 radical (unpaired) electrons. The zero-order valence-electron chi connectivity index (χ0n) is 16.4. The number of carbonyl (C=O) groups excluding carboxylic acids is 3. The number of amides is 2. The molecule has 1 aromatic carbocycles. The molecule has 1 aromatic heterocycles. The molecule has 0 bridgehead atoms. The van der Waals surface area contributed by atoms with E-state index in [0.29, 0.717) is 40.2 Å². The summed E-state index contributed by atoms with van der Waals surface area (Å²) in [5.74, 6) is 0.403. The predicted octanol–water partition coefficient (Wildman–Crippen LogP) is 3.46. The number of hydrogen-bond acceptors (Lipinski definition) is 6. The fourth-order valence-electron chi connectivity index (χ4n) is 2.45. The minimum atomic E-state index is -0.342. The summed E-state index contributed by atoms with van der Waals surface area (Å²) in [5, 5.41) is 2.75. The van der Waals surface area contributed by atoms with Crippen LogP contribution in [0.5, 0.6) is 11.5 Å². The van der Waals surface area contributed by atoms with Crippen molar-refractivity contribution in [2.24, 2.45) is 0 Å². The van der Waals surface area contributed by atoms with E-state index in [1.54, 1.807) is 37.4 Å². The highest BCUT2D eigenvalue weighted by Crippen LogP contribution is 2.30. The van der Waals surface area contributed by atoms with Crippen molar-refractivity contribution in [3.8, 4) is 11.5 Å². The maximum Gasteiger partial charge on any atom is 0.264 e. The van der Waals surface area contributed by atoms with Crippen LogP contribution in [0.1, 0.15) is 40.1 Å². The van der Waals surface area contributed by atoms with Gasteiger partial charge in [0.2, 0.25) is 5.91 Å². The molecular weight excluding hydrogens is 380 g/mol. The Morgan fingerprint density at radius 1 is 1.00 bits per heavy atom. The van der Waals surface area contributed by atoms with E-state index in [2.05, 4.69) is 5.32 Å². The standard InChI is InChI=1S/C20H24N2O5S/c1-5-26-15-8-7-14(11-16(15)27-6-2)21-19(24)12-22(4)20(25)18-10-9-17(28-18)13(3)23/h7-11H,5-6,12H2,1-4H3,(H,21,24). The van der Waals surface area contributed by atoms with Crippen LogP contribution in [0.15, 0.2) is 30.3 Å². The fraction of sp³-hybridized carbons (Fsp3) is 0.350. The molecule has 0 saturated carbocycles. The van der Waals surface area contributed by atoms with Gasteiger partial charge < -0.3 is 19.7 Å². The molecule has 0 aliphatic carbocycles. The molecule has 0 atom stereocenters. The second-order valence-electron chi connectivity index (χ2n) is 5.96. The summed E-state index contributed by atoms with van der Waals surface area (Å²) in [6.07, 6.45) is 0. The van der Waals surface area contributed by atoms with E-state index >= 15 is 0 Å². The van der Waals surface area contributed by atoms with Gasteiger partial charge in [-0.25, -0.2) is 0 Å². The van der Waals surface area contributed by atoms with Crippen LogP contribution in [0.25, 0.3) is 0 Å². The van der Waals surface area contributed by atoms with Crippen LogP contribution in [0, 0.1) is 0 Å². The highest BCUT2D eigenvalue weighted by molar-refractivity contribution is 7.15. The number of thiophene rings is 1. The number of Topliss-reactive ketones (excluding diaryl/α,β-unsaturated/α-hetero) is 1. The zero-order valence-corrected chi connectivity index (χ0v) is 17.2. The molecule has 0 fully saturated rings. The Kier molecular flexibility index (Phi) is 7.57. The molecule has 0 saturated heterocycles. The minimum absolute atomic E-state index is 0.0925. The van der Waals surface area contributed by atoms with Gasteiger partial charge in [0, 0.05) is 18.8 Å². The predicted molar refractivity (Wildman–Crippen MR) is 109 cm³/mol. The number of ketones is 1. The van der Waals surface area contributed by atoms with E-state index in [4.69, 9.17) is 9.47 Å². The number of benzene rings is 1. The van der Waals surface area contributed by atoms with Gasteiger partial charge in [-0.3, -0.25) is 14.4 Å². The Morgan fingerprint density at radius 2 is 1.64 bits per heavy atom. The van der Waals surface area contributed by atoms with Crippen LogP contribution >= 0.6 is 11.3 Å². The zero-order chi connectivity index (χ0) is 20.7. The lowest BCUT2D eigenvalue weighted by Gasteiger charge is -2.17. The van der Waals surface area contributed by atoms with E-state index in [1.165, 1.54) is 11.8 Å². The first-order chi connectivity index (χ1) is 13.3. The Balaban J connectivity index is 2.01. The Morgan fingerprint density at radius 3 is 2.25 bits per heavy atom. The average molecular weight is 404 g/mol. The van der Waals surface area contributed by atoms with Crippen molar-refractivity contribution >= 4 is 34.6 Å². The van der Waals surface area contributed by atoms with Gasteiger partial charge in [0.05, 0.1) is 29.5 Å². The summed E-state index contributed by atoms with van der Waals surface area (Å²) in [4.78, 5) is 38.4. The summed E-state index contributed by atoms with van der Waals surface area (Å²) < 4.78 is 11.0. The Bertz CT molecular complexity index is 862. The minimum Gasteiger partial charge on any atom is -0.490 e. The van der Waals surface area contributed by atoms with Crippen molar-refractivity contribution in [1.82, 2.24) is 4.90 Å². The highest BCUT2D eigenvalue weighted by Gasteiger charge is 2.18. The molecule has 28 heavy (non-hydrogen) atoms. The third-order valence-electron chi connectivity index (χ3n) is 3.72. The lowest BCUT2D eigenvalue weighted by molar-refractivity contribution is -0.116. The first-order valence-corrected chi connectivity index (χ1v) is 9.73. The maximum absolute atomic E-state index is 12.4. The second kappa shape index (κ2) is 9.89. The molecule has 1 N–H and O–H groups in total. The number of ether oxygens (including phenoxy) is 2. The van der Waals surface area contributed by atoms with Crippen molar-refractivity contribution in [3.63, 3.8) is 0 Å². The van der Waals surface area contributed by atoms with Crippen LogP contribution in [-0.2, 0) is 4.79 Å². The highest BCUT2D eigenvalue weighted by atomic mass is 32.1. The molecule has 150 valence electrons. The van der Waals surface area contributed by atoms with Crippen molar-refractivity contribution in [1.29, 1.82) is 0 Å². The van der Waals surface area contributed by atoms with Crippen LogP contribution < -0.4 is 14.8 Å². The van der Waals surface area contributed by atoms with Gasteiger partial charge in [-0.2, -0.15) is 0 Å². The molecule has 2 amide bonds. The lowest BCUT2D eigenvalue weighted by atomic mass is 10.2. The third kappa shape index (κ3) is 5.56. The summed E-state index contributed by atoms with van der Waals surface area (Å²) in [5.41, 5.74) is 0.549. The Labute approximate surface area is 168 Å². The number of carbonyl (C=O) groups is 3. The molecule has 2 rings (SSSR count). The number of hydrogen-bond donors (Lipinski definition) is 1. The fourth-order valence-corrected chi connectivity index (χ4v) is 3.34. The topological polar surface area (TPSA) is 84.9 Å². The van der Waals surface area contributed by atoms with E-state index < -0.39 is 0 Å². The first kappa shape index (κ1) is 21.4. The van der Waals surface area contributed by atoms with Gasteiger partial charge >= 0.3 is 0 Å². The van der Waals surface area contributed by atoms with Crippen LogP contribution in [-0.4, -0.2) is 49.3 Å². The van der Waals surface area contributed by atoms with Gasteiger partial charge in [-0.05, 0) is 45.0 Å². The van der Waals surface area contributed by atoms with E-state index in [1.807, 2.05) is 13.8 Å². The summed E-state index contributed by atoms with van der Waals surface area (Å²) in [6.45, 7) is 6.05. The van der Waals surface area contributed by atoms with E-state index in [-0.39, 0.29) is 24.1 Å². The molecule has 0 unspecified atom stereocenters. The van der Waals surface area contributed by atoms with Crippen LogP contribution in [0.4, 0.5) is 5.69 Å². The molecule has 0 aliphatic heterocycles. The molecule has 7 nitrogen and oxygen atoms in total. The maximum atomic E-state index is 12.4. The van der Waals surface area contributed by atoms with Gasteiger partial charge in [0.1, 0.15) is 0 Å². The van der Waals surface area contributed by atoms with Gasteiger partial charge in [-0.15, -0.1) is 11.3 Å². The lowest BCUT2D eigenvalue weighted by Crippen LogP contribution is -2.34. The number of likely N-dealkylation sites (N-methyl/N-ethyl adjacent to an activating group) is 1. The third-order valence-corrected chi connectivity index (χ3v) is 4.89. The summed E-state index contributed by atoms with van der Waals surface area (Å²) in [6, 6.07) is 8.34. The van der Waals surface area contributed by atoms with Gasteiger partial charge in [-0.1, -0.05) is 0 Å². The van der Waals surface area contributed by atoms with Crippen molar-refractivity contribution in [2.75, 3.05) is 32.1 Å². The SMILES string of the molecule is CCOc1ccc(NC(=O)CN(C)C(=O)c2ccc(C(C)=O)s2)cc1OCC. The van der Waals surface area contributed by atoms with Crippen LogP contribution in [0.3, 0.4) is 0 Å². The average Bonchev–Trinajstić information content (AvgIpc) is 3.14. The molecule has 2 aromatic rings. The first-order valence-electron chi connectivity index (χ1n) is 8.91. The molecule has 8 heteroatoms. The van der Waals surface area contributed by atoms with Crippen molar-refractivity contribution in [3.05, 3.63) is 40.1 Å². The number of nitrogens with one attached hydrogen (secondary N) is 1. The van der Waals surface area contributed by atoms with Crippen molar-refractivity contribution in [2.45, 2.75) is 20.8 Å². The molecule has 0 aliphatic rings. The van der Waals surface area contributed by atoms with Gasteiger partial charge in [0.15, 0.2) is 17.3 Å². The monoisotopic (exact) mass is 404 g/mol. The number of nitrogens with zero attached hydrogens (tertiary/aromatic N) is 1. The van der Waals surface area contributed by atoms with Crippen LogP contribution in [0.2, 0.25) is 0 Å². The smallest absolute Gasteiger partial charge is 0.264 e. The van der Waals surface area contributed by atoms with E-state index in [9.17, 15) is 14.4 Å². The van der Waals surface area contributed by atoms with Crippen molar-refractivity contribution < 1.29 is 23.9 Å². The number of anilines is 1. The second-order valence-corrected chi connectivity index (χ2v) is 7.04. The summed E-state index contributed by atoms with van der Waals surface area (Å²) >= 11 is 1.12. The number of rotatable bonds is 9. The molecular formula is C20H24N2O5S. The Hall–Kier alpha value is -2.87. The van der Waals surface area contributed by atoms with Gasteiger partial charge in [0.25, 0.3) is 5.91 Å². The quantitative estimate of drug-likeness (QED) is 0.647. The van der Waals surface area contributed by atoms with E-state index in [0.717, 1.165) is 11.3 Å².